The minimum Gasteiger partial charge on any atom is -0.497 e. The number of rotatable bonds is 3. The lowest BCUT2D eigenvalue weighted by atomic mass is 10.1. The minimum absolute atomic E-state index is 0.752. The van der Waals surface area contributed by atoms with Gasteiger partial charge in [-0.3, -0.25) is 0 Å². The summed E-state index contributed by atoms with van der Waals surface area (Å²) in [6, 6.07) is 8.31. The SMILES string of the molecule is COc1cc(OC)c2nc(N3CCc4sccc4C3)cc(C)c2c1. The fraction of sp³-hybridized carbons (Fsp3) is 0.316. The van der Waals surface area contributed by atoms with E-state index in [-0.39, 0.29) is 0 Å². The average Bonchev–Trinajstić information content (AvgIpc) is 3.08. The molecule has 4 nitrogen and oxygen atoms in total. The highest BCUT2D eigenvalue weighted by Gasteiger charge is 2.20. The van der Waals surface area contributed by atoms with Crippen molar-refractivity contribution in [2.75, 3.05) is 25.7 Å². The lowest BCUT2D eigenvalue weighted by Gasteiger charge is -2.28. The van der Waals surface area contributed by atoms with Gasteiger partial charge in [-0.1, -0.05) is 0 Å². The Labute approximate surface area is 145 Å². The van der Waals surface area contributed by atoms with Crippen LogP contribution in [0.25, 0.3) is 10.9 Å². The first-order valence-electron chi connectivity index (χ1n) is 8.03. The zero-order valence-corrected chi connectivity index (χ0v) is 14.9. The molecule has 0 spiro atoms. The number of hydrogen-bond donors (Lipinski definition) is 0. The summed E-state index contributed by atoms with van der Waals surface area (Å²) >= 11 is 1.86. The smallest absolute Gasteiger partial charge is 0.148 e. The molecule has 0 N–H and O–H groups in total. The summed E-state index contributed by atoms with van der Waals surface area (Å²) in [7, 11) is 3.35. The first kappa shape index (κ1) is 15.3. The summed E-state index contributed by atoms with van der Waals surface area (Å²) in [4.78, 5) is 8.77. The number of nitrogens with zero attached hydrogens (tertiary/aromatic N) is 2. The average molecular weight is 340 g/mol. The van der Waals surface area contributed by atoms with Crippen LogP contribution in [0, 0.1) is 6.92 Å². The fourth-order valence-electron chi connectivity index (χ4n) is 3.30. The van der Waals surface area contributed by atoms with Gasteiger partial charge in [0.2, 0.25) is 0 Å². The third kappa shape index (κ3) is 2.49. The molecular weight excluding hydrogens is 320 g/mol. The van der Waals surface area contributed by atoms with Gasteiger partial charge in [0.1, 0.15) is 22.8 Å². The zero-order valence-electron chi connectivity index (χ0n) is 14.1. The molecule has 1 aliphatic heterocycles. The van der Waals surface area contributed by atoms with Crippen LogP contribution in [-0.2, 0) is 13.0 Å². The molecule has 0 atom stereocenters. The maximum Gasteiger partial charge on any atom is 0.148 e. The molecule has 0 aliphatic carbocycles. The van der Waals surface area contributed by atoms with E-state index in [0.717, 1.165) is 47.7 Å². The maximum absolute atomic E-state index is 5.55. The van der Waals surface area contributed by atoms with Crippen molar-refractivity contribution in [3.8, 4) is 11.5 Å². The zero-order chi connectivity index (χ0) is 16.7. The molecule has 2 aromatic heterocycles. The van der Waals surface area contributed by atoms with Crippen molar-refractivity contribution in [2.24, 2.45) is 0 Å². The molecule has 24 heavy (non-hydrogen) atoms. The second-order valence-electron chi connectivity index (χ2n) is 6.06. The van der Waals surface area contributed by atoms with Crippen LogP contribution in [0.1, 0.15) is 16.0 Å². The Morgan fingerprint density at radius 3 is 2.83 bits per heavy atom. The topological polar surface area (TPSA) is 34.6 Å². The highest BCUT2D eigenvalue weighted by molar-refractivity contribution is 7.10. The van der Waals surface area contributed by atoms with Crippen LogP contribution in [0.5, 0.6) is 11.5 Å². The van der Waals surface area contributed by atoms with Crippen molar-refractivity contribution in [3.63, 3.8) is 0 Å². The molecule has 3 heterocycles. The van der Waals surface area contributed by atoms with Gasteiger partial charge in [0.15, 0.2) is 0 Å². The molecule has 0 radical (unpaired) electrons. The minimum atomic E-state index is 0.752. The number of aromatic nitrogens is 1. The molecular formula is C19H20N2O2S. The van der Waals surface area contributed by atoms with Crippen molar-refractivity contribution in [2.45, 2.75) is 19.9 Å². The van der Waals surface area contributed by atoms with E-state index in [9.17, 15) is 0 Å². The summed E-state index contributed by atoms with van der Waals surface area (Å²) in [5, 5.41) is 3.26. The van der Waals surface area contributed by atoms with Gasteiger partial charge < -0.3 is 14.4 Å². The predicted molar refractivity (Wildman–Crippen MR) is 98.7 cm³/mol. The summed E-state index contributed by atoms with van der Waals surface area (Å²) in [6.45, 7) is 4.05. The van der Waals surface area contributed by atoms with Gasteiger partial charge in [0, 0.05) is 29.4 Å². The maximum atomic E-state index is 5.55. The van der Waals surface area contributed by atoms with Crippen molar-refractivity contribution < 1.29 is 9.47 Å². The van der Waals surface area contributed by atoms with E-state index in [1.807, 2.05) is 23.5 Å². The van der Waals surface area contributed by atoms with Crippen LogP contribution >= 0.6 is 11.3 Å². The molecule has 5 heteroatoms. The van der Waals surface area contributed by atoms with Crippen LogP contribution in [0.4, 0.5) is 5.82 Å². The predicted octanol–water partition coefficient (Wildman–Crippen LogP) is 4.18. The van der Waals surface area contributed by atoms with Gasteiger partial charge in [-0.2, -0.15) is 0 Å². The molecule has 124 valence electrons. The number of pyridine rings is 1. The van der Waals surface area contributed by atoms with Crippen LogP contribution in [0.15, 0.2) is 29.6 Å². The Hall–Kier alpha value is -2.27. The number of ether oxygens (including phenoxy) is 2. The van der Waals surface area contributed by atoms with E-state index < -0.39 is 0 Å². The Kier molecular flexibility index (Phi) is 3.81. The summed E-state index contributed by atoms with van der Waals surface area (Å²) in [5.74, 6) is 2.56. The van der Waals surface area contributed by atoms with Gasteiger partial charge in [-0.25, -0.2) is 4.98 Å². The van der Waals surface area contributed by atoms with Crippen LogP contribution in [-0.4, -0.2) is 25.7 Å². The number of fused-ring (bicyclic) bond motifs is 2. The molecule has 3 aromatic rings. The quantitative estimate of drug-likeness (QED) is 0.716. The van der Waals surface area contributed by atoms with Gasteiger partial charge in [-0.15, -0.1) is 11.3 Å². The molecule has 1 aromatic carbocycles. The van der Waals surface area contributed by atoms with Gasteiger partial charge in [-0.05, 0) is 48.1 Å². The summed E-state index contributed by atoms with van der Waals surface area (Å²) < 4.78 is 10.9. The van der Waals surface area contributed by atoms with Crippen LogP contribution in [0.3, 0.4) is 0 Å². The number of methoxy groups -OCH3 is 2. The molecule has 0 unspecified atom stereocenters. The molecule has 4 rings (SSSR count). The second kappa shape index (κ2) is 5.98. The monoisotopic (exact) mass is 340 g/mol. The first-order valence-corrected chi connectivity index (χ1v) is 8.91. The molecule has 1 aliphatic rings. The second-order valence-corrected chi connectivity index (χ2v) is 7.06. The van der Waals surface area contributed by atoms with Crippen molar-refractivity contribution >= 4 is 28.1 Å². The van der Waals surface area contributed by atoms with Crippen LogP contribution in [0.2, 0.25) is 0 Å². The Morgan fingerprint density at radius 1 is 1.17 bits per heavy atom. The van der Waals surface area contributed by atoms with Gasteiger partial charge >= 0.3 is 0 Å². The number of hydrogen-bond acceptors (Lipinski definition) is 5. The van der Waals surface area contributed by atoms with E-state index in [4.69, 9.17) is 14.5 Å². The molecule has 0 saturated heterocycles. The third-order valence-corrected chi connectivity index (χ3v) is 5.66. The molecule has 0 amide bonds. The van der Waals surface area contributed by atoms with Crippen LogP contribution < -0.4 is 14.4 Å². The fourth-order valence-corrected chi connectivity index (χ4v) is 4.19. The summed E-state index contributed by atoms with van der Waals surface area (Å²) in [5.41, 5.74) is 3.50. The van der Waals surface area contributed by atoms with Crippen molar-refractivity contribution in [1.29, 1.82) is 0 Å². The van der Waals surface area contributed by atoms with E-state index in [1.165, 1.54) is 16.0 Å². The Balaban J connectivity index is 1.80. The number of thiophene rings is 1. The number of aryl methyl sites for hydroxylation is 1. The lowest BCUT2D eigenvalue weighted by Crippen LogP contribution is -2.30. The number of anilines is 1. The summed E-state index contributed by atoms with van der Waals surface area (Å²) in [6.07, 6.45) is 1.09. The molecule has 0 saturated carbocycles. The Morgan fingerprint density at radius 2 is 2.04 bits per heavy atom. The van der Waals surface area contributed by atoms with E-state index in [1.54, 1.807) is 14.2 Å². The normalized spacial score (nSPS) is 13.9. The highest BCUT2D eigenvalue weighted by atomic mass is 32.1. The van der Waals surface area contributed by atoms with Crippen molar-refractivity contribution in [1.82, 2.24) is 4.98 Å². The van der Waals surface area contributed by atoms with E-state index >= 15 is 0 Å². The van der Waals surface area contributed by atoms with Crippen molar-refractivity contribution in [3.05, 3.63) is 45.6 Å². The van der Waals surface area contributed by atoms with E-state index in [0.29, 0.717) is 0 Å². The molecule has 0 bridgehead atoms. The Bertz CT molecular complexity index is 904. The van der Waals surface area contributed by atoms with Gasteiger partial charge in [0.05, 0.1) is 14.2 Å². The number of benzene rings is 1. The van der Waals surface area contributed by atoms with E-state index in [2.05, 4.69) is 29.3 Å². The largest absolute Gasteiger partial charge is 0.497 e. The lowest BCUT2D eigenvalue weighted by molar-refractivity contribution is 0.397. The first-order chi connectivity index (χ1) is 11.7. The third-order valence-electron chi connectivity index (χ3n) is 4.63. The highest BCUT2D eigenvalue weighted by Crippen LogP contribution is 2.35. The standard InChI is InChI=1S/C19H20N2O2S/c1-12-8-18(21-6-4-17-13(11-21)5-7-24-17)20-19-15(12)9-14(22-2)10-16(19)23-3/h5,7-10H,4,6,11H2,1-3H3. The van der Waals surface area contributed by atoms with Gasteiger partial charge in [0.25, 0.3) is 0 Å². The molecule has 0 fully saturated rings.